The van der Waals surface area contributed by atoms with Crippen molar-refractivity contribution in [1.82, 2.24) is 9.80 Å². The van der Waals surface area contributed by atoms with Gasteiger partial charge in [-0.3, -0.25) is 0 Å². The van der Waals surface area contributed by atoms with Gasteiger partial charge in [0.15, 0.2) is 0 Å². The van der Waals surface area contributed by atoms with Gasteiger partial charge in [0.1, 0.15) is 0 Å². The molecule has 1 rings (SSSR count). The highest BCUT2D eigenvalue weighted by molar-refractivity contribution is 9.10. The van der Waals surface area contributed by atoms with E-state index >= 15 is 0 Å². The highest BCUT2D eigenvalue weighted by Crippen LogP contribution is 2.28. The second-order valence-electron chi connectivity index (χ2n) is 5.56. The van der Waals surface area contributed by atoms with Gasteiger partial charge in [0, 0.05) is 16.0 Å². The number of aliphatic hydroxyl groups excluding tert-OH is 1. The van der Waals surface area contributed by atoms with E-state index in [0.717, 1.165) is 42.6 Å². The van der Waals surface area contributed by atoms with Crippen LogP contribution >= 0.6 is 27.5 Å². The number of halogens is 2. The summed E-state index contributed by atoms with van der Waals surface area (Å²) in [7, 11) is 4.19. The van der Waals surface area contributed by atoms with Crippen LogP contribution in [-0.2, 0) is 0 Å². The van der Waals surface area contributed by atoms with E-state index in [1.54, 1.807) is 0 Å². The Morgan fingerprint density at radius 1 is 1.24 bits per heavy atom. The Morgan fingerprint density at radius 2 is 1.95 bits per heavy atom. The van der Waals surface area contributed by atoms with Crippen molar-refractivity contribution in [2.75, 3.05) is 40.3 Å². The first kappa shape index (κ1) is 18.9. The van der Waals surface area contributed by atoms with Crippen molar-refractivity contribution in [2.24, 2.45) is 0 Å². The second kappa shape index (κ2) is 9.80. The van der Waals surface area contributed by atoms with Crippen molar-refractivity contribution in [3.05, 3.63) is 33.3 Å². The fourth-order valence-electron chi connectivity index (χ4n) is 2.27. The van der Waals surface area contributed by atoms with Crippen molar-refractivity contribution in [3.63, 3.8) is 0 Å². The zero-order valence-corrected chi connectivity index (χ0v) is 15.5. The van der Waals surface area contributed by atoms with Gasteiger partial charge in [-0.05, 0) is 64.3 Å². The summed E-state index contributed by atoms with van der Waals surface area (Å²) in [5.41, 5.74) is 0.809. The first-order valence-corrected chi connectivity index (χ1v) is 8.61. The van der Waals surface area contributed by atoms with Gasteiger partial charge in [-0.2, -0.15) is 0 Å². The molecule has 0 radical (unpaired) electrons. The molecule has 1 atom stereocenters. The number of hydrogen-bond acceptors (Lipinski definition) is 3. The molecule has 1 unspecified atom stereocenters. The molecule has 21 heavy (non-hydrogen) atoms. The molecule has 5 heteroatoms. The molecule has 0 aromatic heterocycles. The lowest BCUT2D eigenvalue weighted by atomic mass is 10.1. The monoisotopic (exact) mass is 376 g/mol. The van der Waals surface area contributed by atoms with Gasteiger partial charge in [-0.15, -0.1) is 0 Å². The minimum absolute atomic E-state index is 0.506. The van der Waals surface area contributed by atoms with Gasteiger partial charge < -0.3 is 14.9 Å². The number of nitrogens with zero attached hydrogens (tertiary/aromatic N) is 2. The third-order valence-electron chi connectivity index (χ3n) is 3.57. The van der Waals surface area contributed by atoms with Crippen LogP contribution in [0.4, 0.5) is 0 Å². The number of benzene rings is 1. The predicted octanol–water partition coefficient (Wildman–Crippen LogP) is 3.80. The van der Waals surface area contributed by atoms with Crippen LogP contribution in [-0.4, -0.2) is 55.2 Å². The molecule has 120 valence electrons. The van der Waals surface area contributed by atoms with E-state index in [2.05, 4.69) is 46.7 Å². The SMILES string of the molecule is CCN(CCCN(C)C)CCC(O)c1ccc(Br)cc1Cl. The fraction of sp³-hybridized carbons (Fsp3) is 0.625. The Kier molecular flexibility index (Phi) is 8.83. The van der Waals surface area contributed by atoms with Crippen LogP contribution < -0.4 is 0 Å². The molecule has 0 spiro atoms. The Morgan fingerprint density at radius 3 is 2.52 bits per heavy atom. The minimum Gasteiger partial charge on any atom is -0.388 e. The normalized spacial score (nSPS) is 13.1. The zero-order chi connectivity index (χ0) is 15.8. The summed E-state index contributed by atoms with van der Waals surface area (Å²) in [6.07, 6.45) is 1.35. The molecule has 0 bridgehead atoms. The first-order chi connectivity index (χ1) is 9.93. The Hall–Kier alpha value is -0.130. The summed E-state index contributed by atoms with van der Waals surface area (Å²) in [5.74, 6) is 0. The maximum absolute atomic E-state index is 10.3. The summed E-state index contributed by atoms with van der Waals surface area (Å²) in [6.45, 7) is 6.22. The standard InChI is InChI=1S/C16H26BrClN2O/c1-4-20(10-5-9-19(2)3)11-8-16(21)14-7-6-13(17)12-15(14)18/h6-7,12,16,21H,4-5,8-11H2,1-3H3. The highest BCUT2D eigenvalue weighted by atomic mass is 79.9. The first-order valence-electron chi connectivity index (χ1n) is 7.44. The van der Waals surface area contributed by atoms with Gasteiger partial charge in [-0.25, -0.2) is 0 Å². The lowest BCUT2D eigenvalue weighted by Crippen LogP contribution is -2.29. The molecule has 1 aromatic carbocycles. The van der Waals surface area contributed by atoms with Crippen LogP contribution in [0.1, 0.15) is 31.4 Å². The molecule has 0 saturated heterocycles. The molecule has 0 heterocycles. The topological polar surface area (TPSA) is 26.7 Å². The van der Waals surface area contributed by atoms with E-state index in [1.165, 1.54) is 0 Å². The van der Waals surface area contributed by atoms with Crippen LogP contribution in [0.3, 0.4) is 0 Å². The van der Waals surface area contributed by atoms with Crippen molar-refractivity contribution in [1.29, 1.82) is 0 Å². The summed E-state index contributed by atoms with van der Waals surface area (Å²) in [4.78, 5) is 4.57. The predicted molar refractivity (Wildman–Crippen MR) is 94.0 cm³/mol. The zero-order valence-electron chi connectivity index (χ0n) is 13.1. The average molecular weight is 378 g/mol. The quantitative estimate of drug-likeness (QED) is 0.709. The van der Waals surface area contributed by atoms with E-state index in [0.29, 0.717) is 11.4 Å². The Bertz CT molecular complexity index is 429. The van der Waals surface area contributed by atoms with E-state index in [9.17, 15) is 5.11 Å². The van der Waals surface area contributed by atoms with Crippen molar-refractivity contribution >= 4 is 27.5 Å². The molecule has 3 nitrogen and oxygen atoms in total. The summed E-state index contributed by atoms with van der Waals surface area (Å²) < 4.78 is 0.933. The molecule has 0 aliphatic heterocycles. The molecule has 1 aromatic rings. The van der Waals surface area contributed by atoms with E-state index < -0.39 is 6.10 Å². The van der Waals surface area contributed by atoms with Crippen LogP contribution in [0.15, 0.2) is 22.7 Å². The molecule has 0 aliphatic rings. The van der Waals surface area contributed by atoms with Gasteiger partial charge in [0.05, 0.1) is 6.10 Å². The van der Waals surface area contributed by atoms with Crippen LogP contribution in [0.25, 0.3) is 0 Å². The van der Waals surface area contributed by atoms with Crippen molar-refractivity contribution in [3.8, 4) is 0 Å². The van der Waals surface area contributed by atoms with Crippen molar-refractivity contribution in [2.45, 2.75) is 25.9 Å². The third-order valence-corrected chi connectivity index (χ3v) is 4.39. The van der Waals surface area contributed by atoms with Crippen LogP contribution in [0.2, 0.25) is 5.02 Å². The Balaban J connectivity index is 2.44. The fourth-order valence-corrected chi connectivity index (χ4v) is 3.07. The maximum Gasteiger partial charge on any atom is 0.0816 e. The van der Waals surface area contributed by atoms with Crippen LogP contribution in [0.5, 0.6) is 0 Å². The number of aliphatic hydroxyl groups is 1. The second-order valence-corrected chi connectivity index (χ2v) is 6.88. The highest BCUT2D eigenvalue weighted by Gasteiger charge is 2.13. The minimum atomic E-state index is -0.506. The smallest absolute Gasteiger partial charge is 0.0816 e. The van der Waals surface area contributed by atoms with E-state index in [1.807, 2.05) is 18.2 Å². The Labute approximate surface area is 142 Å². The van der Waals surface area contributed by atoms with Gasteiger partial charge >= 0.3 is 0 Å². The molecular formula is C16H26BrClN2O. The molecule has 0 fully saturated rings. The van der Waals surface area contributed by atoms with Crippen LogP contribution in [0, 0.1) is 0 Å². The van der Waals surface area contributed by atoms with E-state index in [-0.39, 0.29) is 0 Å². The van der Waals surface area contributed by atoms with Gasteiger partial charge in [0.2, 0.25) is 0 Å². The van der Waals surface area contributed by atoms with E-state index in [4.69, 9.17) is 11.6 Å². The largest absolute Gasteiger partial charge is 0.388 e. The summed E-state index contributed by atoms with van der Waals surface area (Å²) in [6, 6.07) is 5.63. The number of hydrogen-bond donors (Lipinski definition) is 1. The summed E-state index contributed by atoms with van der Waals surface area (Å²) in [5, 5.41) is 10.9. The summed E-state index contributed by atoms with van der Waals surface area (Å²) >= 11 is 9.56. The number of rotatable bonds is 9. The molecule has 0 amide bonds. The van der Waals surface area contributed by atoms with Crippen molar-refractivity contribution < 1.29 is 5.11 Å². The lowest BCUT2D eigenvalue weighted by molar-refractivity contribution is 0.142. The molecule has 0 aliphatic carbocycles. The molecule has 1 N–H and O–H groups in total. The third kappa shape index (κ3) is 7.11. The molecular weight excluding hydrogens is 352 g/mol. The molecule has 0 saturated carbocycles. The lowest BCUT2D eigenvalue weighted by Gasteiger charge is -2.23. The van der Waals surface area contributed by atoms with Gasteiger partial charge in [-0.1, -0.05) is 40.5 Å². The maximum atomic E-state index is 10.3. The average Bonchev–Trinajstić information content (AvgIpc) is 2.41. The van der Waals surface area contributed by atoms with Gasteiger partial charge in [0.25, 0.3) is 0 Å².